The summed E-state index contributed by atoms with van der Waals surface area (Å²) in [5, 5.41) is 0. The highest BCUT2D eigenvalue weighted by Crippen LogP contribution is 2.30. The van der Waals surface area contributed by atoms with Gasteiger partial charge >= 0.3 is 0 Å². The van der Waals surface area contributed by atoms with Crippen molar-refractivity contribution in [3.05, 3.63) is 40.6 Å². The minimum Gasteiger partial charge on any atom is -0.453 e. The van der Waals surface area contributed by atoms with Gasteiger partial charge in [-0.15, -0.1) is 0 Å². The molecule has 0 bridgehead atoms. The molecule has 2 aliphatic rings. The monoisotopic (exact) mass is 274 g/mol. The number of benzene rings is 2. The van der Waals surface area contributed by atoms with Gasteiger partial charge in [0.2, 0.25) is 5.43 Å². The van der Waals surface area contributed by atoms with Crippen LogP contribution in [0.5, 0.6) is 0 Å². The van der Waals surface area contributed by atoms with Gasteiger partial charge < -0.3 is 10.2 Å². The molecule has 0 aromatic heterocycles. The Bertz CT molecular complexity index is 841. The summed E-state index contributed by atoms with van der Waals surface area (Å²) in [6, 6.07) is 8.45. The summed E-state index contributed by atoms with van der Waals surface area (Å²) in [5.74, 6) is 0.295. The second kappa shape index (κ2) is 4.17. The zero-order valence-corrected chi connectivity index (χ0v) is 10.9. The summed E-state index contributed by atoms with van der Waals surface area (Å²) in [5.41, 5.74) is 6.83. The highest BCUT2D eigenvalue weighted by molar-refractivity contribution is 7.84. The molecule has 5 nitrogen and oxygen atoms in total. The lowest BCUT2D eigenvalue weighted by Gasteiger charge is -2.11. The normalized spacial score (nSPS) is 12.9. The number of nitrogens with zero attached hydrogens (tertiary/aromatic N) is 1. The minimum atomic E-state index is -1.42. The van der Waals surface area contributed by atoms with Gasteiger partial charge in [0.1, 0.15) is 11.2 Å². The number of anilines is 1. The van der Waals surface area contributed by atoms with E-state index < -0.39 is 16.2 Å². The second-order valence-corrected chi connectivity index (χ2v) is 5.42. The number of para-hydroxylation sites is 2. The van der Waals surface area contributed by atoms with E-state index in [2.05, 4.69) is 4.98 Å². The molecule has 0 fully saturated rings. The van der Waals surface area contributed by atoms with Crippen molar-refractivity contribution in [2.24, 2.45) is 0 Å². The Labute approximate surface area is 110 Å². The smallest absolute Gasteiger partial charge is 0.206 e. The summed E-state index contributed by atoms with van der Waals surface area (Å²) in [6.07, 6.45) is 1.46. The quantitative estimate of drug-likeness (QED) is 0.538. The Balaban J connectivity index is 2.54. The molecule has 1 aromatic rings. The Morgan fingerprint density at radius 3 is 2.79 bits per heavy atom. The molecule has 1 heterocycles. The van der Waals surface area contributed by atoms with Gasteiger partial charge in [-0.1, -0.05) is 12.1 Å². The topological polar surface area (TPSA) is 86.2 Å². The first kappa shape index (κ1) is 11.9. The Hall–Kier alpha value is -2.21. The third kappa shape index (κ3) is 1.80. The highest BCUT2D eigenvalue weighted by Gasteiger charge is 2.21. The maximum atomic E-state index is 11.8. The third-order valence-corrected chi connectivity index (χ3v) is 3.81. The van der Waals surface area contributed by atoms with Crippen LogP contribution < -0.4 is 11.2 Å². The average Bonchev–Trinajstić information content (AvgIpc) is 2.37. The molecule has 96 valence electrons. The van der Waals surface area contributed by atoms with Crippen LogP contribution in [0.3, 0.4) is 0 Å². The van der Waals surface area contributed by atoms with Gasteiger partial charge in [-0.3, -0.25) is 9.00 Å². The highest BCUT2D eigenvalue weighted by atomic mass is 32.2. The van der Waals surface area contributed by atoms with E-state index in [9.17, 15) is 9.00 Å². The van der Waals surface area contributed by atoms with Gasteiger partial charge in [0, 0.05) is 12.3 Å². The van der Waals surface area contributed by atoms with Crippen molar-refractivity contribution >= 4 is 27.6 Å². The van der Waals surface area contributed by atoms with Crippen LogP contribution in [0.15, 0.2) is 44.4 Å². The van der Waals surface area contributed by atoms with Gasteiger partial charge in [-0.2, -0.15) is 0 Å². The molecular weight excluding hydrogens is 264 g/mol. The Kier molecular flexibility index (Phi) is 2.60. The van der Waals surface area contributed by atoms with E-state index in [0.29, 0.717) is 22.6 Å². The fourth-order valence-electron chi connectivity index (χ4n) is 1.97. The lowest BCUT2D eigenvalue weighted by atomic mass is 10.2. The lowest BCUT2D eigenvalue weighted by Crippen LogP contribution is -2.14. The molecule has 1 atom stereocenters. The summed E-state index contributed by atoms with van der Waals surface area (Å²) in [6.45, 7) is 0. The minimum absolute atomic E-state index is 0.0358. The Morgan fingerprint density at radius 1 is 1.32 bits per heavy atom. The largest absolute Gasteiger partial charge is 0.453 e. The van der Waals surface area contributed by atoms with Gasteiger partial charge in [-0.05, 0) is 12.1 Å². The first-order chi connectivity index (χ1) is 9.08. The Morgan fingerprint density at radius 2 is 2.05 bits per heavy atom. The maximum Gasteiger partial charge on any atom is 0.206 e. The van der Waals surface area contributed by atoms with E-state index in [-0.39, 0.29) is 10.6 Å². The molecule has 0 radical (unpaired) electrons. The third-order valence-electron chi connectivity index (χ3n) is 2.83. The maximum absolute atomic E-state index is 11.8. The van der Waals surface area contributed by atoms with E-state index in [1.165, 1.54) is 12.3 Å². The van der Waals surface area contributed by atoms with Crippen LogP contribution in [0.1, 0.15) is 0 Å². The average molecular weight is 274 g/mol. The summed E-state index contributed by atoms with van der Waals surface area (Å²) in [7, 11) is -1.42. The SMILES string of the molecule is C[S@@](=O)c1c2nc3ccccc3oc-2cc(=O)c1N. The number of hydrogen-bond donors (Lipinski definition) is 1. The zero-order chi connectivity index (χ0) is 13.6. The lowest BCUT2D eigenvalue weighted by molar-refractivity contribution is 0.609. The van der Waals surface area contributed by atoms with E-state index in [4.69, 9.17) is 10.2 Å². The van der Waals surface area contributed by atoms with Crippen molar-refractivity contribution in [2.75, 3.05) is 12.0 Å². The fourth-order valence-corrected chi connectivity index (χ4v) is 2.79. The van der Waals surface area contributed by atoms with Crippen molar-refractivity contribution in [3.63, 3.8) is 0 Å². The van der Waals surface area contributed by atoms with Crippen LogP contribution in [-0.4, -0.2) is 15.4 Å². The predicted octanol–water partition coefficient (Wildman–Crippen LogP) is 1.61. The van der Waals surface area contributed by atoms with Crippen molar-refractivity contribution < 1.29 is 8.63 Å². The summed E-state index contributed by atoms with van der Waals surface area (Å²) < 4.78 is 17.4. The number of hydrogen-bond acceptors (Lipinski definition) is 5. The molecule has 1 aliphatic carbocycles. The van der Waals surface area contributed by atoms with Crippen molar-refractivity contribution in [1.29, 1.82) is 0 Å². The van der Waals surface area contributed by atoms with Crippen LogP contribution in [0.2, 0.25) is 0 Å². The van der Waals surface area contributed by atoms with Crippen molar-refractivity contribution in [2.45, 2.75) is 4.90 Å². The molecule has 3 rings (SSSR count). The molecule has 0 unspecified atom stereocenters. The van der Waals surface area contributed by atoms with E-state index in [1.54, 1.807) is 12.1 Å². The molecule has 19 heavy (non-hydrogen) atoms. The standard InChI is InChI=1S/C13H10N2O3S/c1-19(17)13-11(14)8(16)6-10-12(13)15-7-4-2-3-5-9(7)18-10/h2-6H,14H2,1H3/t19-/m1/s1. The predicted molar refractivity (Wildman–Crippen MR) is 73.6 cm³/mol. The molecule has 6 heteroatoms. The van der Waals surface area contributed by atoms with E-state index in [0.717, 1.165) is 0 Å². The van der Waals surface area contributed by atoms with Gasteiger partial charge in [0.15, 0.2) is 11.3 Å². The van der Waals surface area contributed by atoms with Crippen LogP contribution in [0.25, 0.3) is 22.6 Å². The molecular formula is C13H10N2O3S. The van der Waals surface area contributed by atoms with Crippen molar-refractivity contribution in [1.82, 2.24) is 4.98 Å². The molecule has 1 aromatic carbocycles. The van der Waals surface area contributed by atoms with Crippen LogP contribution >= 0.6 is 0 Å². The number of fused-ring (bicyclic) bond motifs is 2. The van der Waals surface area contributed by atoms with Crippen molar-refractivity contribution in [3.8, 4) is 11.5 Å². The summed E-state index contributed by atoms with van der Waals surface area (Å²) in [4.78, 5) is 16.4. The van der Waals surface area contributed by atoms with Crippen LogP contribution in [-0.2, 0) is 10.8 Å². The second-order valence-electron chi connectivity index (χ2n) is 4.10. The molecule has 0 spiro atoms. The first-order valence-electron chi connectivity index (χ1n) is 5.53. The van der Waals surface area contributed by atoms with Gasteiger partial charge in [0.25, 0.3) is 0 Å². The fraction of sp³-hybridized carbons (Fsp3) is 0.0769. The number of nitrogen functional groups attached to an aromatic ring is 1. The summed E-state index contributed by atoms with van der Waals surface area (Å²) >= 11 is 0. The number of rotatable bonds is 1. The zero-order valence-electron chi connectivity index (χ0n) is 10.0. The molecule has 1 aliphatic heterocycles. The number of nitrogens with two attached hydrogens (primary N) is 1. The van der Waals surface area contributed by atoms with Gasteiger partial charge in [0.05, 0.1) is 21.4 Å². The molecule has 2 N–H and O–H groups in total. The molecule has 0 saturated carbocycles. The van der Waals surface area contributed by atoms with Crippen LogP contribution in [0.4, 0.5) is 5.69 Å². The van der Waals surface area contributed by atoms with E-state index in [1.807, 2.05) is 12.1 Å². The van der Waals surface area contributed by atoms with Crippen LogP contribution in [0, 0.1) is 0 Å². The molecule has 0 saturated heterocycles. The first-order valence-corrected chi connectivity index (χ1v) is 7.09. The van der Waals surface area contributed by atoms with Gasteiger partial charge in [-0.25, -0.2) is 4.98 Å². The van der Waals surface area contributed by atoms with E-state index >= 15 is 0 Å². The number of aromatic nitrogens is 1. The molecule has 0 amide bonds.